The van der Waals surface area contributed by atoms with E-state index >= 15 is 0 Å². The molecule has 0 N–H and O–H groups in total. The van der Waals surface area contributed by atoms with Gasteiger partial charge in [0.1, 0.15) is 12.2 Å². The van der Waals surface area contributed by atoms with Gasteiger partial charge < -0.3 is 9.47 Å². The third-order valence-corrected chi connectivity index (χ3v) is 2.84. The Bertz CT molecular complexity index is 398. The molecule has 2 rings (SSSR count). The minimum atomic E-state index is -0.332. The summed E-state index contributed by atoms with van der Waals surface area (Å²) in [4.78, 5) is 22.4. The normalized spacial score (nSPS) is 23.6. The van der Waals surface area contributed by atoms with Crippen molar-refractivity contribution in [2.24, 2.45) is 0 Å². The van der Waals surface area contributed by atoms with Crippen molar-refractivity contribution in [2.45, 2.75) is 37.9 Å². The largest absolute Gasteiger partial charge is 0.459 e. The lowest BCUT2D eigenvalue weighted by Gasteiger charge is -2.16. The number of ether oxygens (including phenoxy) is 2. The second-order valence-corrected chi connectivity index (χ2v) is 4.34. The summed E-state index contributed by atoms with van der Waals surface area (Å²) in [6.07, 6.45) is 13.0. The average Bonchev–Trinajstić information content (AvgIpc) is 2.82. The van der Waals surface area contributed by atoms with Crippen LogP contribution in [0.15, 0.2) is 36.5 Å². The highest BCUT2D eigenvalue weighted by atomic mass is 16.5. The Morgan fingerprint density at radius 1 is 1.33 bits per heavy atom. The van der Waals surface area contributed by atoms with Crippen molar-refractivity contribution in [3.05, 3.63) is 36.5 Å². The molecule has 18 heavy (non-hydrogen) atoms. The van der Waals surface area contributed by atoms with E-state index in [2.05, 4.69) is 0 Å². The van der Waals surface area contributed by atoms with Crippen LogP contribution in [0, 0.1) is 0 Å². The molecule has 0 radical (unpaired) electrons. The quantitative estimate of drug-likeness (QED) is 0.434. The molecule has 0 amide bonds. The van der Waals surface area contributed by atoms with Crippen molar-refractivity contribution >= 4 is 11.9 Å². The summed E-state index contributed by atoms with van der Waals surface area (Å²) in [5.74, 6) is -0.652. The third kappa shape index (κ3) is 3.87. The van der Waals surface area contributed by atoms with Gasteiger partial charge in [0, 0.05) is 37.8 Å². The number of rotatable bonds is 4. The highest BCUT2D eigenvalue weighted by molar-refractivity contribution is 5.83. The Morgan fingerprint density at radius 3 is 2.83 bits per heavy atom. The van der Waals surface area contributed by atoms with Crippen LogP contribution in [0.2, 0.25) is 0 Å². The fourth-order valence-electron chi connectivity index (χ4n) is 1.92. The number of hydrogen-bond donors (Lipinski definition) is 0. The van der Waals surface area contributed by atoms with Crippen LogP contribution >= 0.6 is 0 Å². The molecule has 1 unspecified atom stereocenters. The van der Waals surface area contributed by atoms with Gasteiger partial charge in [0.2, 0.25) is 0 Å². The van der Waals surface area contributed by atoms with Gasteiger partial charge in [0.15, 0.2) is 0 Å². The maximum atomic E-state index is 11.4. The van der Waals surface area contributed by atoms with Crippen LogP contribution in [0.1, 0.15) is 25.7 Å². The molecule has 0 fully saturated rings. The number of carbonyl (C=O) groups is 2. The Kier molecular flexibility index (Phi) is 4.34. The van der Waals surface area contributed by atoms with E-state index in [1.807, 2.05) is 12.2 Å². The SMILES string of the molecule is O=C1C=CCC(C/C=C/C(=O)OC2CC=CC2)O1. The average molecular weight is 248 g/mol. The third-order valence-electron chi connectivity index (χ3n) is 2.84. The van der Waals surface area contributed by atoms with Crippen LogP contribution in [0.4, 0.5) is 0 Å². The van der Waals surface area contributed by atoms with E-state index in [1.54, 1.807) is 12.2 Å². The van der Waals surface area contributed by atoms with E-state index < -0.39 is 0 Å². The first-order valence-electron chi connectivity index (χ1n) is 6.13. The van der Waals surface area contributed by atoms with Crippen LogP contribution < -0.4 is 0 Å². The second kappa shape index (κ2) is 6.19. The molecule has 1 atom stereocenters. The molecule has 0 aromatic carbocycles. The Balaban J connectivity index is 1.69. The molecular weight excluding hydrogens is 232 g/mol. The summed E-state index contributed by atoms with van der Waals surface area (Å²) in [6.45, 7) is 0. The summed E-state index contributed by atoms with van der Waals surface area (Å²) in [5.41, 5.74) is 0. The molecule has 1 heterocycles. The number of esters is 2. The van der Waals surface area contributed by atoms with Crippen LogP contribution in [0.3, 0.4) is 0 Å². The van der Waals surface area contributed by atoms with Crippen molar-refractivity contribution in [2.75, 3.05) is 0 Å². The molecule has 2 aliphatic rings. The fraction of sp³-hybridized carbons (Fsp3) is 0.429. The minimum absolute atomic E-state index is 0.0161. The molecule has 1 aliphatic carbocycles. The molecular formula is C14H16O4. The molecule has 0 saturated carbocycles. The number of carbonyl (C=O) groups excluding carboxylic acids is 2. The lowest BCUT2D eigenvalue weighted by atomic mass is 10.1. The van der Waals surface area contributed by atoms with Crippen molar-refractivity contribution in [3.63, 3.8) is 0 Å². The zero-order valence-corrected chi connectivity index (χ0v) is 10.1. The minimum Gasteiger partial charge on any atom is -0.459 e. The molecule has 4 nitrogen and oxygen atoms in total. The monoisotopic (exact) mass is 248 g/mol. The van der Waals surface area contributed by atoms with Gasteiger partial charge in [0.25, 0.3) is 0 Å². The van der Waals surface area contributed by atoms with E-state index in [-0.39, 0.29) is 24.1 Å². The van der Waals surface area contributed by atoms with E-state index in [1.165, 1.54) is 12.2 Å². The highest BCUT2D eigenvalue weighted by Gasteiger charge is 2.15. The molecule has 1 aliphatic heterocycles. The van der Waals surface area contributed by atoms with Crippen LogP contribution in [-0.2, 0) is 19.1 Å². The maximum Gasteiger partial charge on any atom is 0.330 e. The van der Waals surface area contributed by atoms with Crippen LogP contribution in [0.25, 0.3) is 0 Å². The summed E-state index contributed by atoms with van der Waals surface area (Å²) in [6, 6.07) is 0. The summed E-state index contributed by atoms with van der Waals surface area (Å²) < 4.78 is 10.3. The van der Waals surface area contributed by atoms with E-state index in [9.17, 15) is 9.59 Å². The van der Waals surface area contributed by atoms with Gasteiger partial charge in [-0.05, 0) is 0 Å². The van der Waals surface area contributed by atoms with Gasteiger partial charge >= 0.3 is 11.9 Å². The molecule has 0 spiro atoms. The standard InChI is InChI=1S/C14H16O4/c15-13(17-11-5-1-2-6-11)9-3-7-12-8-4-10-14(16)18-12/h1-4,9-12H,5-8H2/b9-3+. The van der Waals surface area contributed by atoms with Crippen molar-refractivity contribution in [1.82, 2.24) is 0 Å². The number of cyclic esters (lactones) is 1. The van der Waals surface area contributed by atoms with Crippen molar-refractivity contribution in [1.29, 1.82) is 0 Å². The second-order valence-electron chi connectivity index (χ2n) is 4.34. The fourth-order valence-corrected chi connectivity index (χ4v) is 1.92. The molecule has 0 bridgehead atoms. The molecule has 0 aromatic rings. The topological polar surface area (TPSA) is 52.6 Å². The maximum absolute atomic E-state index is 11.4. The summed E-state index contributed by atoms with van der Waals surface area (Å²) in [7, 11) is 0. The first kappa shape index (κ1) is 12.6. The van der Waals surface area contributed by atoms with Crippen molar-refractivity contribution in [3.8, 4) is 0 Å². The Labute approximate surface area is 106 Å². The van der Waals surface area contributed by atoms with E-state index in [0.717, 1.165) is 12.8 Å². The van der Waals surface area contributed by atoms with Crippen molar-refractivity contribution < 1.29 is 19.1 Å². The first-order chi connectivity index (χ1) is 8.74. The van der Waals surface area contributed by atoms with Crippen LogP contribution in [0.5, 0.6) is 0 Å². The molecule has 0 aromatic heterocycles. The summed E-state index contributed by atoms with van der Waals surface area (Å²) in [5, 5.41) is 0. The van der Waals surface area contributed by atoms with E-state index in [0.29, 0.717) is 12.8 Å². The Hall–Kier alpha value is -1.84. The lowest BCUT2D eigenvalue weighted by molar-refractivity contribution is -0.143. The van der Waals surface area contributed by atoms with Gasteiger partial charge in [-0.25, -0.2) is 9.59 Å². The molecule has 0 saturated heterocycles. The molecule has 96 valence electrons. The van der Waals surface area contributed by atoms with E-state index in [4.69, 9.17) is 9.47 Å². The molecule has 4 heteroatoms. The van der Waals surface area contributed by atoms with Gasteiger partial charge in [-0.15, -0.1) is 0 Å². The van der Waals surface area contributed by atoms with Gasteiger partial charge in [-0.2, -0.15) is 0 Å². The van der Waals surface area contributed by atoms with Gasteiger partial charge in [-0.3, -0.25) is 0 Å². The number of hydrogen-bond acceptors (Lipinski definition) is 4. The zero-order valence-electron chi connectivity index (χ0n) is 10.1. The highest BCUT2D eigenvalue weighted by Crippen LogP contribution is 2.14. The van der Waals surface area contributed by atoms with Gasteiger partial charge in [-0.1, -0.05) is 24.3 Å². The zero-order chi connectivity index (χ0) is 12.8. The Morgan fingerprint density at radius 2 is 2.11 bits per heavy atom. The van der Waals surface area contributed by atoms with Gasteiger partial charge in [0.05, 0.1) is 0 Å². The smallest absolute Gasteiger partial charge is 0.330 e. The predicted octanol–water partition coefficient (Wildman–Crippen LogP) is 2.07. The predicted molar refractivity (Wildman–Crippen MR) is 65.6 cm³/mol. The lowest BCUT2D eigenvalue weighted by Crippen LogP contribution is -2.19. The summed E-state index contributed by atoms with van der Waals surface area (Å²) >= 11 is 0. The van der Waals surface area contributed by atoms with Crippen LogP contribution in [-0.4, -0.2) is 24.1 Å². The first-order valence-corrected chi connectivity index (χ1v) is 6.13.